The zero-order valence-electron chi connectivity index (χ0n) is 19.3. The summed E-state index contributed by atoms with van der Waals surface area (Å²) in [5.74, 6) is -0.0809. The first kappa shape index (κ1) is 25.1. The summed E-state index contributed by atoms with van der Waals surface area (Å²) >= 11 is 0. The molecular formula is C21H41BN2O4. The highest BCUT2D eigenvalue weighted by Crippen LogP contribution is 2.38. The van der Waals surface area contributed by atoms with Crippen LogP contribution in [-0.4, -0.2) is 53.0 Å². The molecule has 28 heavy (non-hydrogen) atoms. The van der Waals surface area contributed by atoms with Crippen LogP contribution in [0.5, 0.6) is 0 Å². The van der Waals surface area contributed by atoms with Crippen LogP contribution in [0.3, 0.4) is 0 Å². The number of carbonyl (C=O) groups excluding carboxylic acids is 2. The quantitative estimate of drug-likeness (QED) is 0.347. The molecule has 1 saturated heterocycles. The van der Waals surface area contributed by atoms with E-state index in [9.17, 15) is 9.59 Å². The van der Waals surface area contributed by atoms with Crippen LogP contribution in [0, 0.1) is 0 Å². The summed E-state index contributed by atoms with van der Waals surface area (Å²) in [4.78, 5) is 26.4. The summed E-state index contributed by atoms with van der Waals surface area (Å²) in [6.45, 7) is 16.1. The fraction of sp³-hybridized carbons (Fsp3) is 0.905. The van der Waals surface area contributed by atoms with Crippen LogP contribution >= 0.6 is 0 Å². The van der Waals surface area contributed by atoms with Gasteiger partial charge in [-0.3, -0.25) is 4.79 Å². The standard InChI is InChI=1S/C21H41BN2O4/c1-17(26)24(18(2,3)4)21(16-25,13-11-15-23)12-9-10-14-22-27-19(5,6)20(7,8)28-22/h16H,9-15,23H2,1-8H3. The molecule has 0 aliphatic carbocycles. The van der Waals surface area contributed by atoms with Crippen LogP contribution in [0.4, 0.5) is 0 Å². The second-order valence-electron chi connectivity index (χ2n) is 10.1. The zero-order chi connectivity index (χ0) is 21.8. The second kappa shape index (κ2) is 9.27. The lowest BCUT2D eigenvalue weighted by Gasteiger charge is -2.48. The molecule has 162 valence electrons. The number of hydrogen-bond donors (Lipinski definition) is 1. The van der Waals surface area contributed by atoms with E-state index in [2.05, 4.69) is 0 Å². The van der Waals surface area contributed by atoms with Crippen molar-refractivity contribution in [3.8, 4) is 0 Å². The molecule has 1 fully saturated rings. The van der Waals surface area contributed by atoms with Crippen molar-refractivity contribution >= 4 is 19.3 Å². The van der Waals surface area contributed by atoms with Gasteiger partial charge in [-0.1, -0.05) is 12.8 Å². The minimum Gasteiger partial charge on any atom is -0.403 e. The first-order valence-corrected chi connectivity index (χ1v) is 10.6. The van der Waals surface area contributed by atoms with Gasteiger partial charge < -0.3 is 24.7 Å². The third-order valence-electron chi connectivity index (χ3n) is 6.07. The summed E-state index contributed by atoms with van der Waals surface area (Å²) in [5.41, 5.74) is 3.79. The Balaban J connectivity index is 2.80. The van der Waals surface area contributed by atoms with Crippen molar-refractivity contribution in [3.63, 3.8) is 0 Å². The van der Waals surface area contributed by atoms with Crippen LogP contribution in [0.15, 0.2) is 0 Å². The van der Waals surface area contributed by atoms with Gasteiger partial charge in [-0.2, -0.15) is 0 Å². The molecule has 1 aliphatic heterocycles. The zero-order valence-corrected chi connectivity index (χ0v) is 19.3. The summed E-state index contributed by atoms with van der Waals surface area (Å²) in [6.07, 6.45) is 5.32. The Bertz CT molecular complexity index is 529. The third kappa shape index (κ3) is 5.80. The van der Waals surface area contributed by atoms with Crippen LogP contribution < -0.4 is 5.73 Å². The smallest absolute Gasteiger partial charge is 0.403 e. The Labute approximate surface area is 172 Å². The van der Waals surface area contributed by atoms with E-state index in [0.717, 1.165) is 25.4 Å². The van der Waals surface area contributed by atoms with Crippen LogP contribution in [0.1, 0.15) is 87.5 Å². The van der Waals surface area contributed by atoms with Crippen molar-refractivity contribution < 1.29 is 18.9 Å². The first-order chi connectivity index (χ1) is 12.7. The van der Waals surface area contributed by atoms with E-state index in [1.807, 2.05) is 48.5 Å². The molecule has 1 aliphatic rings. The molecule has 0 radical (unpaired) electrons. The van der Waals surface area contributed by atoms with Gasteiger partial charge in [0.05, 0.1) is 16.7 Å². The van der Waals surface area contributed by atoms with Crippen molar-refractivity contribution in [2.45, 2.75) is 116 Å². The molecule has 1 atom stereocenters. The Morgan fingerprint density at radius 1 is 1.04 bits per heavy atom. The highest BCUT2D eigenvalue weighted by atomic mass is 16.7. The lowest BCUT2D eigenvalue weighted by molar-refractivity contribution is -0.149. The molecule has 0 spiro atoms. The maximum absolute atomic E-state index is 12.4. The summed E-state index contributed by atoms with van der Waals surface area (Å²) in [5, 5.41) is 0. The Hall–Kier alpha value is -0.915. The van der Waals surface area contributed by atoms with Gasteiger partial charge in [0.15, 0.2) is 0 Å². The van der Waals surface area contributed by atoms with Gasteiger partial charge in [0, 0.05) is 12.5 Å². The van der Waals surface area contributed by atoms with Gasteiger partial charge in [0.25, 0.3) is 0 Å². The normalized spacial score (nSPS) is 20.7. The van der Waals surface area contributed by atoms with Gasteiger partial charge in [-0.25, -0.2) is 0 Å². The average molecular weight is 396 g/mol. The van der Waals surface area contributed by atoms with E-state index < -0.39 is 11.1 Å². The Morgan fingerprint density at radius 2 is 1.54 bits per heavy atom. The number of nitrogens with two attached hydrogens (primary N) is 1. The molecule has 0 bridgehead atoms. The van der Waals surface area contributed by atoms with E-state index in [1.54, 1.807) is 4.90 Å². The molecule has 1 unspecified atom stereocenters. The van der Waals surface area contributed by atoms with E-state index in [-0.39, 0.29) is 24.2 Å². The third-order valence-corrected chi connectivity index (χ3v) is 6.07. The molecular weight excluding hydrogens is 355 g/mol. The minimum atomic E-state index is -0.820. The first-order valence-electron chi connectivity index (χ1n) is 10.6. The maximum atomic E-state index is 12.4. The lowest BCUT2D eigenvalue weighted by Crippen LogP contribution is -2.60. The molecule has 1 heterocycles. The molecule has 2 N–H and O–H groups in total. The number of hydrogen-bond acceptors (Lipinski definition) is 5. The number of unbranched alkanes of at least 4 members (excludes halogenated alkanes) is 1. The number of rotatable bonds is 10. The van der Waals surface area contributed by atoms with E-state index in [4.69, 9.17) is 15.0 Å². The van der Waals surface area contributed by atoms with E-state index >= 15 is 0 Å². The molecule has 0 aromatic carbocycles. The van der Waals surface area contributed by atoms with Gasteiger partial charge >= 0.3 is 7.12 Å². The maximum Gasteiger partial charge on any atom is 0.457 e. The molecule has 0 aromatic heterocycles. The van der Waals surface area contributed by atoms with Crippen molar-refractivity contribution in [2.24, 2.45) is 5.73 Å². The number of carbonyl (C=O) groups is 2. The predicted octanol–water partition coefficient (Wildman–Crippen LogP) is 3.57. The minimum absolute atomic E-state index is 0.0809. The van der Waals surface area contributed by atoms with Crippen molar-refractivity contribution in [1.29, 1.82) is 0 Å². The Morgan fingerprint density at radius 3 is 1.93 bits per heavy atom. The van der Waals surface area contributed by atoms with Crippen LogP contribution in [0.25, 0.3) is 0 Å². The molecule has 6 nitrogen and oxygen atoms in total. The predicted molar refractivity (Wildman–Crippen MR) is 114 cm³/mol. The monoisotopic (exact) mass is 396 g/mol. The Kier molecular flexibility index (Phi) is 8.31. The number of aldehydes is 1. The summed E-state index contributed by atoms with van der Waals surface area (Å²) < 4.78 is 12.1. The van der Waals surface area contributed by atoms with Crippen molar-refractivity contribution in [3.05, 3.63) is 0 Å². The van der Waals surface area contributed by atoms with Gasteiger partial charge in [-0.05, 0) is 80.6 Å². The molecule has 0 aromatic rings. The molecule has 1 amide bonds. The topological polar surface area (TPSA) is 81.9 Å². The number of nitrogens with zero attached hydrogens (tertiary/aromatic N) is 1. The van der Waals surface area contributed by atoms with Crippen molar-refractivity contribution in [1.82, 2.24) is 4.90 Å². The fourth-order valence-electron chi connectivity index (χ4n) is 4.21. The van der Waals surface area contributed by atoms with Crippen LogP contribution in [0.2, 0.25) is 6.32 Å². The largest absolute Gasteiger partial charge is 0.457 e. The average Bonchev–Trinajstić information content (AvgIpc) is 2.74. The van der Waals surface area contributed by atoms with Gasteiger partial charge in [0.1, 0.15) is 6.29 Å². The lowest BCUT2D eigenvalue weighted by atomic mass is 9.79. The second-order valence-corrected chi connectivity index (χ2v) is 10.1. The highest BCUT2D eigenvalue weighted by molar-refractivity contribution is 6.45. The van der Waals surface area contributed by atoms with Gasteiger partial charge in [-0.15, -0.1) is 0 Å². The fourth-order valence-corrected chi connectivity index (χ4v) is 4.21. The molecule has 1 rings (SSSR count). The van der Waals surface area contributed by atoms with Crippen molar-refractivity contribution in [2.75, 3.05) is 6.54 Å². The van der Waals surface area contributed by atoms with E-state index in [0.29, 0.717) is 25.8 Å². The van der Waals surface area contributed by atoms with E-state index in [1.165, 1.54) is 6.92 Å². The van der Waals surface area contributed by atoms with Crippen LogP contribution in [-0.2, 0) is 18.9 Å². The summed E-state index contributed by atoms with van der Waals surface area (Å²) in [6, 6.07) is 0. The summed E-state index contributed by atoms with van der Waals surface area (Å²) in [7, 11) is -0.230. The number of amides is 1. The van der Waals surface area contributed by atoms with Gasteiger partial charge in [0.2, 0.25) is 5.91 Å². The highest BCUT2D eigenvalue weighted by Gasteiger charge is 2.50. The SMILES string of the molecule is CC(=O)N(C(C)(C)C)C(C=O)(CCCN)CCCCB1OC(C)(C)C(C)(C)O1. The molecule has 0 saturated carbocycles. The molecule has 7 heteroatoms.